The molecule has 1 aromatic heterocycles. The summed E-state index contributed by atoms with van der Waals surface area (Å²) in [7, 11) is 0. The molecule has 3 rings (SSSR count). The standard InChI is InChI=1S/C18H27N3O3/c22-17-12-15(13-21(17)14-16-6-4-11-24-16)18(23)19-7-5-10-20-8-2-1-3-9-20/h4,6,11,15H,1-3,5,7-10,12-14H2,(H,19,23)/t15-/m1/s1. The monoisotopic (exact) mass is 333 g/mol. The first-order chi connectivity index (χ1) is 11.7. The number of likely N-dealkylation sites (tertiary alicyclic amines) is 2. The van der Waals surface area contributed by atoms with Crippen LogP contribution in [-0.2, 0) is 16.1 Å². The number of rotatable bonds is 7. The minimum Gasteiger partial charge on any atom is -0.467 e. The topological polar surface area (TPSA) is 65.8 Å². The van der Waals surface area contributed by atoms with Gasteiger partial charge in [-0.2, -0.15) is 0 Å². The van der Waals surface area contributed by atoms with E-state index in [9.17, 15) is 9.59 Å². The number of hydrogen-bond acceptors (Lipinski definition) is 4. The first-order valence-corrected chi connectivity index (χ1v) is 9.02. The van der Waals surface area contributed by atoms with Crippen LogP contribution in [0.15, 0.2) is 22.8 Å². The highest BCUT2D eigenvalue weighted by molar-refractivity contribution is 5.89. The average Bonchev–Trinajstić information content (AvgIpc) is 3.23. The number of carbonyl (C=O) groups is 2. The lowest BCUT2D eigenvalue weighted by Crippen LogP contribution is -2.36. The van der Waals surface area contributed by atoms with Gasteiger partial charge < -0.3 is 19.5 Å². The van der Waals surface area contributed by atoms with Crippen molar-refractivity contribution < 1.29 is 14.0 Å². The first kappa shape index (κ1) is 17.0. The van der Waals surface area contributed by atoms with Crippen molar-refractivity contribution in [2.75, 3.05) is 32.7 Å². The molecule has 2 aliphatic heterocycles. The molecule has 2 fully saturated rings. The van der Waals surface area contributed by atoms with E-state index in [4.69, 9.17) is 4.42 Å². The fourth-order valence-corrected chi connectivity index (χ4v) is 3.53. The van der Waals surface area contributed by atoms with Crippen LogP contribution in [0, 0.1) is 5.92 Å². The summed E-state index contributed by atoms with van der Waals surface area (Å²) in [6.07, 6.45) is 6.81. The highest BCUT2D eigenvalue weighted by Crippen LogP contribution is 2.20. The highest BCUT2D eigenvalue weighted by atomic mass is 16.3. The molecule has 24 heavy (non-hydrogen) atoms. The van der Waals surface area contributed by atoms with E-state index in [0.29, 0.717) is 26.1 Å². The molecule has 2 saturated heterocycles. The van der Waals surface area contributed by atoms with Gasteiger partial charge in [-0.1, -0.05) is 6.42 Å². The zero-order chi connectivity index (χ0) is 16.8. The lowest BCUT2D eigenvalue weighted by molar-refractivity contribution is -0.129. The van der Waals surface area contributed by atoms with Gasteiger partial charge in [-0.05, 0) is 51.0 Å². The normalized spacial score (nSPS) is 22.1. The molecule has 6 nitrogen and oxygen atoms in total. The third-order valence-electron chi connectivity index (χ3n) is 4.91. The summed E-state index contributed by atoms with van der Waals surface area (Å²) >= 11 is 0. The molecule has 2 amide bonds. The molecule has 0 saturated carbocycles. The van der Waals surface area contributed by atoms with Gasteiger partial charge in [0.1, 0.15) is 5.76 Å². The minimum atomic E-state index is -0.234. The molecule has 0 aliphatic carbocycles. The Morgan fingerprint density at radius 1 is 1.29 bits per heavy atom. The first-order valence-electron chi connectivity index (χ1n) is 9.02. The minimum absolute atomic E-state index is 0.00365. The van der Waals surface area contributed by atoms with Crippen LogP contribution in [0.3, 0.4) is 0 Å². The predicted molar refractivity (Wildman–Crippen MR) is 90.1 cm³/mol. The summed E-state index contributed by atoms with van der Waals surface area (Å²) in [5.41, 5.74) is 0. The van der Waals surface area contributed by atoms with Crippen LogP contribution < -0.4 is 5.32 Å². The van der Waals surface area contributed by atoms with Gasteiger partial charge in [0.25, 0.3) is 0 Å². The van der Waals surface area contributed by atoms with Crippen molar-refractivity contribution in [1.82, 2.24) is 15.1 Å². The molecule has 0 aromatic carbocycles. The van der Waals surface area contributed by atoms with Crippen molar-refractivity contribution in [3.63, 3.8) is 0 Å². The SMILES string of the molecule is O=C(NCCCN1CCCCC1)[C@@H]1CC(=O)N(Cc2ccco2)C1. The molecule has 0 spiro atoms. The molecule has 3 heterocycles. The molecular formula is C18H27N3O3. The second kappa shape index (κ2) is 8.33. The predicted octanol–water partition coefficient (Wildman–Crippen LogP) is 1.62. The Labute approximate surface area is 143 Å². The average molecular weight is 333 g/mol. The van der Waals surface area contributed by atoms with E-state index in [0.717, 1.165) is 18.7 Å². The van der Waals surface area contributed by atoms with Crippen molar-refractivity contribution in [2.24, 2.45) is 5.92 Å². The van der Waals surface area contributed by atoms with Crippen molar-refractivity contribution in [2.45, 2.75) is 38.6 Å². The van der Waals surface area contributed by atoms with Crippen molar-refractivity contribution in [3.05, 3.63) is 24.2 Å². The molecule has 0 bridgehead atoms. The number of nitrogens with zero attached hydrogens (tertiary/aromatic N) is 2. The van der Waals surface area contributed by atoms with Gasteiger partial charge in [0.2, 0.25) is 11.8 Å². The van der Waals surface area contributed by atoms with Crippen molar-refractivity contribution in [3.8, 4) is 0 Å². The van der Waals surface area contributed by atoms with E-state index < -0.39 is 0 Å². The zero-order valence-corrected chi connectivity index (χ0v) is 14.2. The Bertz CT molecular complexity index is 538. The molecular weight excluding hydrogens is 306 g/mol. The number of piperidine rings is 1. The molecule has 2 aliphatic rings. The molecule has 6 heteroatoms. The molecule has 0 unspecified atom stereocenters. The van der Waals surface area contributed by atoms with E-state index in [1.165, 1.54) is 32.4 Å². The summed E-state index contributed by atoms with van der Waals surface area (Å²) in [6, 6.07) is 3.66. The van der Waals surface area contributed by atoms with E-state index >= 15 is 0 Å². The second-order valence-electron chi connectivity index (χ2n) is 6.80. The molecule has 0 radical (unpaired) electrons. The number of furan rings is 1. The maximum absolute atomic E-state index is 12.3. The Morgan fingerprint density at radius 2 is 2.12 bits per heavy atom. The lowest BCUT2D eigenvalue weighted by atomic mass is 10.1. The highest BCUT2D eigenvalue weighted by Gasteiger charge is 2.34. The quantitative estimate of drug-likeness (QED) is 0.770. The Hall–Kier alpha value is -1.82. The van der Waals surface area contributed by atoms with Gasteiger partial charge in [0.15, 0.2) is 0 Å². The van der Waals surface area contributed by atoms with Gasteiger partial charge in [0, 0.05) is 19.5 Å². The van der Waals surface area contributed by atoms with Gasteiger partial charge in [-0.3, -0.25) is 9.59 Å². The summed E-state index contributed by atoms with van der Waals surface area (Å²) in [6.45, 7) is 5.05. The van der Waals surface area contributed by atoms with Crippen LogP contribution in [0.2, 0.25) is 0 Å². The van der Waals surface area contributed by atoms with Crippen molar-refractivity contribution in [1.29, 1.82) is 0 Å². The number of amides is 2. The van der Waals surface area contributed by atoms with Crippen molar-refractivity contribution >= 4 is 11.8 Å². The molecule has 1 atom stereocenters. The zero-order valence-electron chi connectivity index (χ0n) is 14.2. The number of hydrogen-bond donors (Lipinski definition) is 1. The van der Waals surface area contributed by atoms with Gasteiger partial charge >= 0.3 is 0 Å². The lowest BCUT2D eigenvalue weighted by Gasteiger charge is -2.26. The van der Waals surface area contributed by atoms with E-state index in [-0.39, 0.29) is 17.7 Å². The van der Waals surface area contributed by atoms with Gasteiger partial charge in [-0.25, -0.2) is 0 Å². The molecule has 1 N–H and O–H groups in total. The summed E-state index contributed by atoms with van der Waals surface area (Å²) in [5, 5.41) is 3.00. The van der Waals surface area contributed by atoms with Crippen LogP contribution in [0.4, 0.5) is 0 Å². The third-order valence-corrected chi connectivity index (χ3v) is 4.91. The van der Waals surface area contributed by atoms with Crippen LogP contribution in [0.1, 0.15) is 37.9 Å². The summed E-state index contributed by atoms with van der Waals surface area (Å²) < 4.78 is 5.28. The fourth-order valence-electron chi connectivity index (χ4n) is 3.53. The smallest absolute Gasteiger partial charge is 0.225 e. The summed E-state index contributed by atoms with van der Waals surface area (Å²) in [5.74, 6) is 0.553. The fraction of sp³-hybridized carbons (Fsp3) is 0.667. The van der Waals surface area contributed by atoms with Crippen LogP contribution in [-0.4, -0.2) is 54.3 Å². The maximum atomic E-state index is 12.3. The van der Waals surface area contributed by atoms with Crippen LogP contribution >= 0.6 is 0 Å². The van der Waals surface area contributed by atoms with Gasteiger partial charge in [-0.15, -0.1) is 0 Å². The van der Waals surface area contributed by atoms with Crippen LogP contribution in [0.5, 0.6) is 0 Å². The number of nitrogens with one attached hydrogen (secondary N) is 1. The maximum Gasteiger partial charge on any atom is 0.225 e. The third kappa shape index (κ3) is 4.60. The Balaban J connectivity index is 1.35. The second-order valence-corrected chi connectivity index (χ2v) is 6.80. The summed E-state index contributed by atoms with van der Waals surface area (Å²) in [4.78, 5) is 28.5. The van der Waals surface area contributed by atoms with E-state index in [1.807, 2.05) is 12.1 Å². The largest absolute Gasteiger partial charge is 0.467 e. The Morgan fingerprint density at radius 3 is 2.88 bits per heavy atom. The number of carbonyl (C=O) groups excluding carboxylic acids is 2. The Kier molecular flexibility index (Phi) is 5.91. The van der Waals surface area contributed by atoms with Gasteiger partial charge in [0.05, 0.1) is 18.7 Å². The van der Waals surface area contributed by atoms with E-state index in [1.54, 1.807) is 11.2 Å². The van der Waals surface area contributed by atoms with E-state index in [2.05, 4.69) is 10.2 Å². The molecule has 1 aromatic rings. The van der Waals surface area contributed by atoms with Crippen LogP contribution in [0.25, 0.3) is 0 Å². The molecule has 132 valence electrons.